The number of benzene rings is 2. The highest BCUT2D eigenvalue weighted by molar-refractivity contribution is 7.89. The summed E-state index contributed by atoms with van der Waals surface area (Å²) in [7, 11) is -2.28. The van der Waals surface area contributed by atoms with E-state index in [4.69, 9.17) is 21.1 Å². The lowest BCUT2D eigenvalue weighted by atomic mass is 10.1. The van der Waals surface area contributed by atoms with Gasteiger partial charge >= 0.3 is 0 Å². The molecular weight excluding hydrogens is 416 g/mol. The normalized spacial score (nSPS) is 11.4. The van der Waals surface area contributed by atoms with Gasteiger partial charge in [-0.25, -0.2) is 13.1 Å². The SMILES string of the molecule is COc1ccc(S(=O)(=O)NC(C)C)cc1NC(=O)COc1cc(C)c(Cl)c(C)c1. The molecule has 158 valence electrons. The third-order valence-corrected chi connectivity index (χ3v) is 6.18. The fourth-order valence-corrected chi connectivity index (χ4v) is 4.04. The van der Waals surface area contributed by atoms with E-state index in [2.05, 4.69) is 10.0 Å². The van der Waals surface area contributed by atoms with Crippen molar-refractivity contribution >= 4 is 33.2 Å². The van der Waals surface area contributed by atoms with Gasteiger partial charge in [-0.15, -0.1) is 0 Å². The second kappa shape index (κ2) is 9.47. The van der Waals surface area contributed by atoms with Crippen molar-refractivity contribution in [2.45, 2.75) is 38.6 Å². The molecule has 2 N–H and O–H groups in total. The van der Waals surface area contributed by atoms with Gasteiger partial charge in [0.1, 0.15) is 11.5 Å². The van der Waals surface area contributed by atoms with E-state index >= 15 is 0 Å². The zero-order valence-corrected chi connectivity index (χ0v) is 18.6. The molecule has 0 spiro atoms. The first-order valence-corrected chi connectivity index (χ1v) is 10.8. The van der Waals surface area contributed by atoms with Gasteiger partial charge in [0.05, 0.1) is 17.7 Å². The monoisotopic (exact) mass is 440 g/mol. The summed E-state index contributed by atoms with van der Waals surface area (Å²) in [6.45, 7) is 6.89. The minimum absolute atomic E-state index is 0.0205. The number of sulfonamides is 1. The fourth-order valence-electron chi connectivity index (χ4n) is 2.65. The molecule has 0 aliphatic carbocycles. The smallest absolute Gasteiger partial charge is 0.262 e. The van der Waals surface area contributed by atoms with Gasteiger partial charge in [-0.3, -0.25) is 4.79 Å². The quantitative estimate of drug-likeness (QED) is 0.653. The van der Waals surface area contributed by atoms with Gasteiger partial charge in [-0.05, 0) is 69.2 Å². The van der Waals surface area contributed by atoms with E-state index in [-0.39, 0.29) is 23.2 Å². The molecule has 0 unspecified atom stereocenters. The molecule has 7 nitrogen and oxygen atoms in total. The Hall–Kier alpha value is -2.29. The van der Waals surface area contributed by atoms with E-state index in [1.807, 2.05) is 13.8 Å². The maximum absolute atomic E-state index is 12.4. The largest absolute Gasteiger partial charge is 0.495 e. The van der Waals surface area contributed by atoms with Crippen LogP contribution >= 0.6 is 11.6 Å². The lowest BCUT2D eigenvalue weighted by Crippen LogP contribution is -2.30. The highest BCUT2D eigenvalue weighted by atomic mass is 35.5. The van der Waals surface area contributed by atoms with E-state index in [9.17, 15) is 13.2 Å². The zero-order chi connectivity index (χ0) is 21.8. The Balaban J connectivity index is 2.15. The Morgan fingerprint density at radius 3 is 2.31 bits per heavy atom. The highest BCUT2D eigenvalue weighted by Crippen LogP contribution is 2.28. The van der Waals surface area contributed by atoms with Gasteiger partial charge in [0.2, 0.25) is 10.0 Å². The number of methoxy groups -OCH3 is 1. The zero-order valence-electron chi connectivity index (χ0n) is 17.0. The molecule has 0 saturated heterocycles. The lowest BCUT2D eigenvalue weighted by Gasteiger charge is -2.14. The van der Waals surface area contributed by atoms with Crippen molar-refractivity contribution in [2.75, 3.05) is 19.0 Å². The molecular formula is C20H25ClN2O5S. The van der Waals surface area contributed by atoms with Crippen LogP contribution in [-0.2, 0) is 14.8 Å². The molecule has 2 rings (SSSR count). The Labute approximate surface area is 176 Å². The number of aryl methyl sites for hydroxylation is 2. The molecule has 9 heteroatoms. The Kier molecular flexibility index (Phi) is 7.51. The predicted octanol–water partition coefficient (Wildman–Crippen LogP) is 3.67. The van der Waals surface area contributed by atoms with Crippen LogP contribution in [0, 0.1) is 13.8 Å². The minimum Gasteiger partial charge on any atom is -0.495 e. The van der Waals surface area contributed by atoms with E-state index in [0.717, 1.165) is 11.1 Å². The van der Waals surface area contributed by atoms with Crippen molar-refractivity contribution in [1.29, 1.82) is 0 Å². The molecule has 0 aliphatic heterocycles. The summed E-state index contributed by atoms with van der Waals surface area (Å²) in [6, 6.07) is 7.46. The second-order valence-corrected chi connectivity index (χ2v) is 8.94. The van der Waals surface area contributed by atoms with Crippen LogP contribution in [0.25, 0.3) is 0 Å². The standard InChI is InChI=1S/C20H25ClN2O5S/c1-12(2)23-29(25,26)16-6-7-18(27-5)17(10-16)22-19(24)11-28-15-8-13(3)20(21)14(4)9-15/h6-10,12,23H,11H2,1-5H3,(H,22,24). The van der Waals surface area contributed by atoms with Crippen molar-refractivity contribution < 1.29 is 22.7 Å². The number of carbonyl (C=O) groups excluding carboxylic acids is 1. The molecule has 0 heterocycles. The number of hydrogen-bond donors (Lipinski definition) is 2. The molecule has 2 aromatic carbocycles. The molecule has 0 bridgehead atoms. The maximum Gasteiger partial charge on any atom is 0.262 e. The van der Waals surface area contributed by atoms with Gasteiger partial charge < -0.3 is 14.8 Å². The number of nitrogens with one attached hydrogen (secondary N) is 2. The Bertz CT molecular complexity index is 983. The van der Waals surface area contributed by atoms with E-state index in [1.54, 1.807) is 26.0 Å². The molecule has 29 heavy (non-hydrogen) atoms. The van der Waals surface area contributed by atoms with E-state index < -0.39 is 15.9 Å². The van der Waals surface area contributed by atoms with E-state index in [0.29, 0.717) is 16.5 Å². The molecule has 1 amide bonds. The van der Waals surface area contributed by atoms with Crippen LogP contribution in [0.5, 0.6) is 11.5 Å². The minimum atomic E-state index is -3.71. The van der Waals surface area contributed by atoms with Gasteiger partial charge in [0.15, 0.2) is 6.61 Å². The van der Waals surface area contributed by atoms with Crippen LogP contribution in [0.15, 0.2) is 35.2 Å². The molecule has 0 aliphatic rings. The van der Waals surface area contributed by atoms with Crippen LogP contribution in [0.3, 0.4) is 0 Å². The number of hydrogen-bond acceptors (Lipinski definition) is 5. The molecule has 0 saturated carbocycles. The Morgan fingerprint density at radius 1 is 1.14 bits per heavy atom. The first kappa shape index (κ1) is 23.0. The lowest BCUT2D eigenvalue weighted by molar-refractivity contribution is -0.118. The van der Waals surface area contributed by atoms with Crippen molar-refractivity contribution in [1.82, 2.24) is 4.72 Å². The highest BCUT2D eigenvalue weighted by Gasteiger charge is 2.18. The fraction of sp³-hybridized carbons (Fsp3) is 0.350. The van der Waals surface area contributed by atoms with Gasteiger partial charge in [0, 0.05) is 11.1 Å². The third-order valence-electron chi connectivity index (χ3n) is 3.93. The van der Waals surface area contributed by atoms with Crippen molar-refractivity contribution in [3.8, 4) is 11.5 Å². The number of amides is 1. The van der Waals surface area contributed by atoms with E-state index in [1.165, 1.54) is 25.3 Å². The van der Waals surface area contributed by atoms with Crippen molar-refractivity contribution in [3.05, 3.63) is 46.5 Å². The van der Waals surface area contributed by atoms with Crippen molar-refractivity contribution in [2.24, 2.45) is 0 Å². The molecule has 0 atom stereocenters. The summed E-state index contributed by atoms with van der Waals surface area (Å²) in [5.41, 5.74) is 1.93. The summed E-state index contributed by atoms with van der Waals surface area (Å²) < 4.78 is 38.0. The van der Waals surface area contributed by atoms with Crippen LogP contribution in [0.1, 0.15) is 25.0 Å². The third kappa shape index (κ3) is 6.09. The first-order chi connectivity index (χ1) is 13.5. The average Bonchev–Trinajstić information content (AvgIpc) is 2.63. The molecule has 0 aromatic heterocycles. The van der Waals surface area contributed by atoms with Gasteiger partial charge in [-0.1, -0.05) is 11.6 Å². The number of halogens is 1. The van der Waals surface area contributed by atoms with Gasteiger partial charge in [-0.2, -0.15) is 0 Å². The van der Waals surface area contributed by atoms with Crippen LogP contribution in [0.2, 0.25) is 5.02 Å². The molecule has 0 fully saturated rings. The van der Waals surface area contributed by atoms with Crippen LogP contribution in [-0.4, -0.2) is 34.1 Å². The Morgan fingerprint density at radius 2 is 1.76 bits per heavy atom. The number of ether oxygens (including phenoxy) is 2. The van der Waals surface area contributed by atoms with Crippen LogP contribution in [0.4, 0.5) is 5.69 Å². The second-order valence-electron chi connectivity index (χ2n) is 6.85. The first-order valence-electron chi connectivity index (χ1n) is 8.93. The van der Waals surface area contributed by atoms with Gasteiger partial charge in [0.25, 0.3) is 5.91 Å². The maximum atomic E-state index is 12.4. The number of anilines is 1. The predicted molar refractivity (Wildman–Crippen MR) is 114 cm³/mol. The summed E-state index contributed by atoms with van der Waals surface area (Å²) in [5, 5.41) is 3.28. The summed E-state index contributed by atoms with van der Waals surface area (Å²) >= 11 is 6.13. The summed E-state index contributed by atoms with van der Waals surface area (Å²) in [5.74, 6) is 0.393. The topological polar surface area (TPSA) is 93.7 Å². The molecule has 2 aromatic rings. The number of rotatable bonds is 8. The number of carbonyl (C=O) groups is 1. The average molecular weight is 441 g/mol. The summed E-state index contributed by atoms with van der Waals surface area (Å²) in [6.07, 6.45) is 0. The molecule has 0 radical (unpaired) electrons. The van der Waals surface area contributed by atoms with Crippen molar-refractivity contribution in [3.63, 3.8) is 0 Å². The van der Waals surface area contributed by atoms with Crippen LogP contribution < -0.4 is 19.5 Å². The summed E-state index contributed by atoms with van der Waals surface area (Å²) in [4.78, 5) is 12.4.